The summed E-state index contributed by atoms with van der Waals surface area (Å²) in [6, 6.07) is 17.6. The molecule has 3 heterocycles. The van der Waals surface area contributed by atoms with Gasteiger partial charge in [0.15, 0.2) is 0 Å². The SMILES string of the molecule is CN(C)CCCNc1cc(-c2nc3c(NC(=O)c4ccc(CN5CCNCC5)cc4)cccc3[nH]2)ccn1. The molecule has 4 aromatic rings. The average molecular weight is 513 g/mol. The van der Waals surface area contributed by atoms with Crippen molar-refractivity contribution in [2.24, 2.45) is 0 Å². The molecule has 1 aliphatic rings. The fraction of sp³-hybridized carbons (Fsp3) is 0.345. The molecule has 0 unspecified atom stereocenters. The van der Waals surface area contributed by atoms with Gasteiger partial charge >= 0.3 is 0 Å². The molecule has 0 aliphatic carbocycles. The third-order valence-electron chi connectivity index (χ3n) is 6.71. The van der Waals surface area contributed by atoms with Gasteiger partial charge in [0.05, 0.1) is 11.2 Å². The summed E-state index contributed by atoms with van der Waals surface area (Å²) in [7, 11) is 4.14. The summed E-state index contributed by atoms with van der Waals surface area (Å²) in [5.74, 6) is 1.40. The fourth-order valence-corrected chi connectivity index (χ4v) is 4.64. The van der Waals surface area contributed by atoms with Crippen LogP contribution in [-0.4, -0.2) is 84.0 Å². The standard InChI is InChI=1S/C29H36N8O/c1-36(2)16-4-12-31-26-19-23(11-13-32-26)28-33-24-5-3-6-25(27(24)35-28)34-29(38)22-9-7-21(8-10-22)20-37-17-14-30-15-18-37/h3,5-11,13,19,30H,4,12,14-18,20H2,1-2H3,(H,31,32)(H,33,35)(H,34,38). The first-order valence-corrected chi connectivity index (χ1v) is 13.2. The third kappa shape index (κ3) is 6.55. The molecule has 1 aliphatic heterocycles. The van der Waals surface area contributed by atoms with Crippen molar-refractivity contribution in [3.8, 4) is 11.4 Å². The van der Waals surface area contributed by atoms with Crippen LogP contribution in [0.25, 0.3) is 22.4 Å². The van der Waals surface area contributed by atoms with E-state index < -0.39 is 0 Å². The molecular weight excluding hydrogens is 476 g/mol. The van der Waals surface area contributed by atoms with Crippen molar-refractivity contribution in [1.29, 1.82) is 0 Å². The Hall–Kier alpha value is -3.79. The lowest BCUT2D eigenvalue weighted by molar-refractivity contribution is 0.102. The van der Waals surface area contributed by atoms with Gasteiger partial charge in [-0.15, -0.1) is 0 Å². The Labute approximate surface area is 223 Å². The monoisotopic (exact) mass is 512 g/mol. The first-order valence-electron chi connectivity index (χ1n) is 13.2. The predicted octanol–water partition coefficient (Wildman–Crippen LogP) is 3.65. The number of rotatable bonds is 10. The summed E-state index contributed by atoms with van der Waals surface area (Å²) in [4.78, 5) is 30.3. The Kier molecular flexibility index (Phi) is 8.28. The molecule has 9 heteroatoms. The van der Waals surface area contributed by atoms with Gasteiger partial charge in [0.2, 0.25) is 0 Å². The number of carbonyl (C=O) groups excluding carboxylic acids is 1. The van der Waals surface area contributed by atoms with Gasteiger partial charge in [0.25, 0.3) is 5.91 Å². The number of hydrogen-bond acceptors (Lipinski definition) is 7. The van der Waals surface area contributed by atoms with E-state index in [4.69, 9.17) is 4.98 Å². The van der Waals surface area contributed by atoms with E-state index >= 15 is 0 Å². The van der Waals surface area contributed by atoms with Crippen LogP contribution in [0.4, 0.5) is 11.5 Å². The number of benzene rings is 2. The van der Waals surface area contributed by atoms with Crippen LogP contribution < -0.4 is 16.0 Å². The van der Waals surface area contributed by atoms with Gasteiger partial charge in [-0.3, -0.25) is 9.69 Å². The van der Waals surface area contributed by atoms with Gasteiger partial charge in [-0.2, -0.15) is 0 Å². The first kappa shape index (κ1) is 25.8. The summed E-state index contributed by atoms with van der Waals surface area (Å²) in [5.41, 5.74) is 5.04. The summed E-state index contributed by atoms with van der Waals surface area (Å²) in [6.45, 7) is 6.92. The number of carbonyl (C=O) groups is 1. The van der Waals surface area contributed by atoms with Crippen molar-refractivity contribution < 1.29 is 4.79 Å². The van der Waals surface area contributed by atoms with Crippen molar-refractivity contribution in [3.63, 3.8) is 0 Å². The van der Waals surface area contributed by atoms with E-state index in [2.05, 4.69) is 49.8 Å². The molecule has 0 spiro atoms. The quantitative estimate of drug-likeness (QED) is 0.241. The van der Waals surface area contributed by atoms with Gasteiger partial charge in [-0.05, 0) is 69.0 Å². The van der Waals surface area contributed by atoms with E-state index in [0.29, 0.717) is 11.3 Å². The van der Waals surface area contributed by atoms with Gasteiger partial charge in [0.1, 0.15) is 17.2 Å². The van der Waals surface area contributed by atoms with Crippen LogP contribution in [0.3, 0.4) is 0 Å². The van der Waals surface area contributed by atoms with Crippen molar-refractivity contribution >= 4 is 28.4 Å². The lowest BCUT2D eigenvalue weighted by Crippen LogP contribution is -2.42. The zero-order chi connectivity index (χ0) is 26.3. The van der Waals surface area contributed by atoms with Gasteiger partial charge in [-0.1, -0.05) is 18.2 Å². The molecule has 2 aromatic heterocycles. The van der Waals surface area contributed by atoms with Crippen molar-refractivity contribution in [3.05, 3.63) is 71.9 Å². The number of amides is 1. The molecule has 4 N–H and O–H groups in total. The Morgan fingerprint density at radius 1 is 1.08 bits per heavy atom. The zero-order valence-electron chi connectivity index (χ0n) is 22.1. The molecule has 1 fully saturated rings. The topological polar surface area (TPSA) is 101 Å². The summed E-state index contributed by atoms with van der Waals surface area (Å²) in [5, 5.41) is 9.81. The second kappa shape index (κ2) is 12.2. The van der Waals surface area contributed by atoms with Gasteiger partial charge in [0, 0.05) is 56.6 Å². The smallest absolute Gasteiger partial charge is 0.255 e. The number of nitrogens with one attached hydrogen (secondary N) is 4. The van der Waals surface area contributed by atoms with Crippen molar-refractivity contribution in [1.82, 2.24) is 30.1 Å². The molecule has 1 saturated heterocycles. The number of para-hydroxylation sites is 1. The highest BCUT2D eigenvalue weighted by Gasteiger charge is 2.14. The number of pyridine rings is 1. The molecule has 2 aromatic carbocycles. The molecule has 38 heavy (non-hydrogen) atoms. The minimum Gasteiger partial charge on any atom is -0.370 e. The van der Waals surface area contributed by atoms with E-state index in [0.717, 1.165) is 80.5 Å². The van der Waals surface area contributed by atoms with Gasteiger partial charge < -0.3 is 25.8 Å². The molecule has 1 amide bonds. The number of aromatic nitrogens is 3. The number of fused-ring (bicyclic) bond motifs is 1. The highest BCUT2D eigenvalue weighted by molar-refractivity contribution is 6.08. The average Bonchev–Trinajstić information content (AvgIpc) is 3.38. The maximum atomic E-state index is 13.1. The van der Waals surface area contributed by atoms with Gasteiger partial charge in [-0.25, -0.2) is 9.97 Å². The third-order valence-corrected chi connectivity index (χ3v) is 6.71. The molecule has 5 rings (SSSR count). The number of imidazole rings is 1. The summed E-state index contributed by atoms with van der Waals surface area (Å²) in [6.07, 6.45) is 2.82. The lowest BCUT2D eigenvalue weighted by Gasteiger charge is -2.27. The van der Waals surface area contributed by atoms with Crippen LogP contribution in [0, 0.1) is 0 Å². The van der Waals surface area contributed by atoms with E-state index in [1.807, 2.05) is 54.6 Å². The number of aromatic amines is 1. The second-order valence-corrected chi connectivity index (χ2v) is 9.98. The van der Waals surface area contributed by atoms with Crippen LogP contribution in [-0.2, 0) is 6.54 Å². The van der Waals surface area contributed by atoms with Crippen molar-refractivity contribution in [2.75, 3.05) is 64.0 Å². The first-order chi connectivity index (χ1) is 18.5. The Morgan fingerprint density at radius 2 is 1.89 bits per heavy atom. The minimum atomic E-state index is -0.149. The highest BCUT2D eigenvalue weighted by atomic mass is 16.1. The number of hydrogen-bond donors (Lipinski definition) is 4. The van der Waals surface area contributed by atoms with Crippen LogP contribution in [0.5, 0.6) is 0 Å². The maximum absolute atomic E-state index is 13.1. The number of H-pyrrole nitrogens is 1. The predicted molar refractivity (Wildman–Crippen MR) is 154 cm³/mol. The molecule has 0 radical (unpaired) electrons. The number of nitrogens with zero attached hydrogens (tertiary/aromatic N) is 4. The molecule has 198 valence electrons. The highest BCUT2D eigenvalue weighted by Crippen LogP contribution is 2.27. The van der Waals surface area contributed by atoms with E-state index in [9.17, 15) is 4.79 Å². The largest absolute Gasteiger partial charge is 0.370 e. The summed E-state index contributed by atoms with van der Waals surface area (Å²) >= 11 is 0. The molecule has 9 nitrogen and oxygen atoms in total. The zero-order valence-corrected chi connectivity index (χ0v) is 22.1. The van der Waals surface area contributed by atoms with E-state index in [-0.39, 0.29) is 5.91 Å². The Balaban J connectivity index is 1.26. The fourth-order valence-electron chi connectivity index (χ4n) is 4.64. The molecule has 0 saturated carbocycles. The van der Waals surface area contributed by atoms with E-state index in [1.54, 1.807) is 6.20 Å². The Bertz CT molecular complexity index is 1360. The Morgan fingerprint density at radius 3 is 2.68 bits per heavy atom. The lowest BCUT2D eigenvalue weighted by atomic mass is 10.1. The van der Waals surface area contributed by atoms with E-state index in [1.165, 1.54) is 5.56 Å². The number of piperazine rings is 1. The maximum Gasteiger partial charge on any atom is 0.255 e. The normalized spacial score (nSPS) is 14.2. The molecular formula is C29H36N8O. The molecule has 0 bridgehead atoms. The second-order valence-electron chi connectivity index (χ2n) is 9.98. The molecule has 0 atom stereocenters. The van der Waals surface area contributed by atoms with Crippen molar-refractivity contribution in [2.45, 2.75) is 13.0 Å². The number of anilines is 2. The minimum absolute atomic E-state index is 0.149. The summed E-state index contributed by atoms with van der Waals surface area (Å²) < 4.78 is 0. The van der Waals surface area contributed by atoms with Crippen LogP contribution >= 0.6 is 0 Å². The van der Waals surface area contributed by atoms with Crippen LogP contribution in [0.1, 0.15) is 22.3 Å². The van der Waals surface area contributed by atoms with Crippen LogP contribution in [0.15, 0.2) is 60.8 Å². The van der Waals surface area contributed by atoms with Crippen LogP contribution in [0.2, 0.25) is 0 Å².